The minimum Gasteiger partial charge on any atom is -0.384 e. The van der Waals surface area contributed by atoms with Crippen LogP contribution in [0.3, 0.4) is 0 Å². The molecule has 3 N–H and O–H groups in total. The van der Waals surface area contributed by atoms with Crippen LogP contribution in [0.4, 0.5) is 17.3 Å². The Morgan fingerprint density at radius 3 is 2.78 bits per heavy atom. The fraction of sp³-hybridized carbons (Fsp3) is 0.583. The maximum atomic E-state index is 10.9. The van der Waals surface area contributed by atoms with Gasteiger partial charge in [0.05, 0.1) is 4.92 Å². The Balaban J connectivity index is 2.12. The van der Waals surface area contributed by atoms with Crippen LogP contribution in [0.1, 0.15) is 32.6 Å². The Morgan fingerprint density at radius 1 is 1.56 bits per heavy atom. The Morgan fingerprint density at radius 2 is 2.28 bits per heavy atom. The van der Waals surface area contributed by atoms with Crippen molar-refractivity contribution in [2.24, 2.45) is 5.41 Å². The average Bonchev–Trinajstić information content (AvgIpc) is 2.28. The first-order chi connectivity index (χ1) is 8.56. The molecule has 1 aromatic rings. The van der Waals surface area contributed by atoms with Crippen molar-refractivity contribution in [1.29, 1.82) is 0 Å². The predicted octanol–water partition coefficient (Wildman–Crippen LogP) is 2.56. The van der Waals surface area contributed by atoms with E-state index in [2.05, 4.69) is 17.2 Å². The van der Waals surface area contributed by atoms with Gasteiger partial charge in [0.2, 0.25) is 5.82 Å². The molecule has 0 amide bonds. The van der Waals surface area contributed by atoms with Gasteiger partial charge in [-0.15, -0.1) is 0 Å². The normalized spacial score (nSPS) is 16.9. The standard InChI is InChI=1S/C12H18N4O2/c1-2-12(6-3-7-12)8-14-11-9(16(17)18)4-5-10(13)15-11/h4-5H,2-3,6-8H2,1H3,(H3,13,14,15). The summed E-state index contributed by atoms with van der Waals surface area (Å²) in [6.07, 6.45) is 4.66. The Labute approximate surface area is 106 Å². The monoisotopic (exact) mass is 250 g/mol. The molecule has 98 valence electrons. The van der Waals surface area contributed by atoms with E-state index in [0.29, 0.717) is 5.82 Å². The van der Waals surface area contributed by atoms with Crippen LogP contribution >= 0.6 is 0 Å². The van der Waals surface area contributed by atoms with Crippen LogP contribution in [-0.2, 0) is 0 Å². The van der Waals surface area contributed by atoms with Gasteiger partial charge in [-0.2, -0.15) is 0 Å². The first kappa shape index (κ1) is 12.6. The molecule has 1 saturated carbocycles. The van der Waals surface area contributed by atoms with Crippen molar-refractivity contribution in [1.82, 2.24) is 4.98 Å². The van der Waals surface area contributed by atoms with Gasteiger partial charge in [0, 0.05) is 12.6 Å². The largest absolute Gasteiger partial charge is 0.384 e. The van der Waals surface area contributed by atoms with Crippen LogP contribution in [-0.4, -0.2) is 16.5 Å². The van der Waals surface area contributed by atoms with Crippen molar-refractivity contribution < 1.29 is 4.92 Å². The number of nitrogens with two attached hydrogens (primary N) is 1. The number of anilines is 2. The third kappa shape index (κ3) is 2.37. The lowest BCUT2D eigenvalue weighted by Gasteiger charge is -2.41. The van der Waals surface area contributed by atoms with E-state index in [1.807, 2.05) is 0 Å². The van der Waals surface area contributed by atoms with E-state index in [1.165, 1.54) is 31.4 Å². The van der Waals surface area contributed by atoms with Gasteiger partial charge < -0.3 is 11.1 Å². The summed E-state index contributed by atoms with van der Waals surface area (Å²) < 4.78 is 0. The number of aromatic nitrogens is 1. The molecule has 0 aliphatic heterocycles. The lowest BCUT2D eigenvalue weighted by atomic mass is 9.67. The van der Waals surface area contributed by atoms with Crippen LogP contribution in [0.15, 0.2) is 12.1 Å². The minimum atomic E-state index is -0.436. The molecule has 0 aromatic carbocycles. The molecule has 1 aliphatic rings. The summed E-state index contributed by atoms with van der Waals surface area (Å²) in [6.45, 7) is 2.88. The smallest absolute Gasteiger partial charge is 0.311 e. The summed E-state index contributed by atoms with van der Waals surface area (Å²) in [4.78, 5) is 14.5. The SMILES string of the molecule is CCC1(CNc2nc(N)ccc2[N+](=O)[O-])CCC1. The highest BCUT2D eigenvalue weighted by molar-refractivity contribution is 5.59. The number of hydrogen-bond acceptors (Lipinski definition) is 5. The molecule has 1 heterocycles. The maximum Gasteiger partial charge on any atom is 0.311 e. The number of nitrogens with one attached hydrogen (secondary N) is 1. The van der Waals surface area contributed by atoms with Crippen LogP contribution in [0, 0.1) is 15.5 Å². The fourth-order valence-corrected chi connectivity index (χ4v) is 2.35. The van der Waals surface area contributed by atoms with E-state index in [4.69, 9.17) is 5.73 Å². The quantitative estimate of drug-likeness (QED) is 0.618. The van der Waals surface area contributed by atoms with E-state index in [1.54, 1.807) is 0 Å². The maximum absolute atomic E-state index is 10.9. The molecule has 0 radical (unpaired) electrons. The van der Waals surface area contributed by atoms with Gasteiger partial charge in [-0.3, -0.25) is 10.1 Å². The molecule has 1 fully saturated rings. The van der Waals surface area contributed by atoms with E-state index in [-0.39, 0.29) is 16.9 Å². The molecule has 1 aliphatic carbocycles. The third-order valence-corrected chi connectivity index (χ3v) is 3.89. The molecule has 0 spiro atoms. The summed E-state index contributed by atoms with van der Waals surface area (Å²) in [5.41, 5.74) is 5.83. The van der Waals surface area contributed by atoms with Gasteiger partial charge in [0.25, 0.3) is 0 Å². The van der Waals surface area contributed by atoms with Gasteiger partial charge >= 0.3 is 5.69 Å². The third-order valence-electron chi connectivity index (χ3n) is 3.89. The van der Waals surface area contributed by atoms with Gasteiger partial charge in [-0.25, -0.2) is 4.98 Å². The second-order valence-corrected chi connectivity index (χ2v) is 4.92. The van der Waals surface area contributed by atoms with Gasteiger partial charge in [0.1, 0.15) is 5.82 Å². The van der Waals surface area contributed by atoms with Crippen LogP contribution in [0.2, 0.25) is 0 Å². The molecule has 2 rings (SSSR count). The lowest BCUT2D eigenvalue weighted by Crippen LogP contribution is -2.36. The second kappa shape index (κ2) is 4.80. The van der Waals surface area contributed by atoms with Crippen molar-refractivity contribution in [3.8, 4) is 0 Å². The summed E-state index contributed by atoms with van der Waals surface area (Å²) in [6, 6.07) is 2.84. The van der Waals surface area contributed by atoms with Crippen LogP contribution in [0.25, 0.3) is 0 Å². The Kier molecular flexibility index (Phi) is 3.36. The van der Waals surface area contributed by atoms with Gasteiger partial charge in [0.15, 0.2) is 0 Å². The minimum absolute atomic E-state index is 0.0187. The molecule has 0 saturated heterocycles. The second-order valence-electron chi connectivity index (χ2n) is 4.92. The first-order valence-electron chi connectivity index (χ1n) is 6.21. The highest BCUT2D eigenvalue weighted by Gasteiger charge is 2.35. The number of nitrogen functional groups attached to an aromatic ring is 1. The highest BCUT2D eigenvalue weighted by atomic mass is 16.6. The van der Waals surface area contributed by atoms with Crippen molar-refractivity contribution >= 4 is 17.3 Å². The molecule has 6 nitrogen and oxygen atoms in total. The van der Waals surface area contributed by atoms with E-state index < -0.39 is 4.92 Å². The van der Waals surface area contributed by atoms with Crippen molar-refractivity contribution in [3.05, 3.63) is 22.2 Å². The zero-order valence-corrected chi connectivity index (χ0v) is 10.5. The van der Waals surface area contributed by atoms with Gasteiger partial charge in [-0.1, -0.05) is 13.3 Å². The number of nitro groups is 1. The van der Waals surface area contributed by atoms with Crippen molar-refractivity contribution in [2.75, 3.05) is 17.6 Å². The molecule has 0 bridgehead atoms. The first-order valence-corrected chi connectivity index (χ1v) is 6.21. The van der Waals surface area contributed by atoms with E-state index in [9.17, 15) is 10.1 Å². The molecule has 1 aromatic heterocycles. The summed E-state index contributed by atoms with van der Waals surface area (Å²) in [5, 5.41) is 14.0. The zero-order valence-electron chi connectivity index (χ0n) is 10.5. The average molecular weight is 250 g/mol. The van der Waals surface area contributed by atoms with Gasteiger partial charge in [-0.05, 0) is 30.7 Å². The summed E-state index contributed by atoms with van der Waals surface area (Å²) in [7, 11) is 0. The van der Waals surface area contributed by atoms with Crippen molar-refractivity contribution in [2.45, 2.75) is 32.6 Å². The molecule has 0 unspecified atom stereocenters. The Hall–Kier alpha value is -1.85. The number of pyridine rings is 1. The van der Waals surface area contributed by atoms with Crippen LogP contribution in [0.5, 0.6) is 0 Å². The fourth-order valence-electron chi connectivity index (χ4n) is 2.35. The Bertz CT molecular complexity index is 452. The number of rotatable bonds is 5. The van der Waals surface area contributed by atoms with E-state index >= 15 is 0 Å². The molecule has 6 heteroatoms. The summed E-state index contributed by atoms with van der Waals surface area (Å²) in [5.74, 6) is 0.571. The number of nitrogens with zero attached hydrogens (tertiary/aromatic N) is 2. The highest BCUT2D eigenvalue weighted by Crippen LogP contribution is 2.44. The van der Waals surface area contributed by atoms with Crippen LogP contribution < -0.4 is 11.1 Å². The molecule has 0 atom stereocenters. The molecular weight excluding hydrogens is 232 g/mol. The zero-order chi connectivity index (χ0) is 13.2. The summed E-state index contributed by atoms with van der Waals surface area (Å²) >= 11 is 0. The molecular formula is C12H18N4O2. The predicted molar refractivity (Wildman–Crippen MR) is 70.4 cm³/mol. The molecule has 18 heavy (non-hydrogen) atoms. The lowest BCUT2D eigenvalue weighted by molar-refractivity contribution is -0.384. The van der Waals surface area contributed by atoms with Crippen molar-refractivity contribution in [3.63, 3.8) is 0 Å². The topological polar surface area (TPSA) is 94.1 Å². The van der Waals surface area contributed by atoms with E-state index in [0.717, 1.165) is 13.0 Å². The number of hydrogen-bond donors (Lipinski definition) is 2.